The van der Waals surface area contributed by atoms with Crippen molar-refractivity contribution >= 4 is 11.9 Å². The largest absolute Gasteiger partial charge is 0.353 e. The molecule has 1 amide bonds. The molecule has 0 bridgehead atoms. The highest BCUT2D eigenvalue weighted by atomic mass is 16.2. The van der Waals surface area contributed by atoms with E-state index in [1.165, 1.54) is 0 Å². The van der Waals surface area contributed by atoms with Crippen molar-refractivity contribution in [3.63, 3.8) is 0 Å². The van der Waals surface area contributed by atoms with Crippen LogP contribution >= 0.6 is 0 Å². The first kappa shape index (κ1) is 13.7. The summed E-state index contributed by atoms with van der Waals surface area (Å²) in [4.78, 5) is 24.4. The molecule has 6 nitrogen and oxygen atoms in total. The van der Waals surface area contributed by atoms with Crippen LogP contribution < -0.4 is 5.32 Å². The topological polar surface area (TPSA) is 61.4 Å². The Hall–Kier alpha value is -1.69. The summed E-state index contributed by atoms with van der Waals surface area (Å²) in [6.07, 6.45) is 5.39. The van der Waals surface area contributed by atoms with Gasteiger partial charge in [-0.15, -0.1) is 0 Å². The molecule has 6 heteroatoms. The Labute approximate surface area is 113 Å². The smallest absolute Gasteiger partial charge is 0.256 e. The van der Waals surface area contributed by atoms with E-state index < -0.39 is 0 Å². The van der Waals surface area contributed by atoms with E-state index >= 15 is 0 Å². The van der Waals surface area contributed by atoms with Crippen LogP contribution in [0.3, 0.4) is 0 Å². The van der Waals surface area contributed by atoms with E-state index in [0.29, 0.717) is 11.5 Å². The van der Waals surface area contributed by atoms with Crippen molar-refractivity contribution in [3.05, 3.63) is 18.0 Å². The summed E-state index contributed by atoms with van der Waals surface area (Å²) < 4.78 is 0. The summed E-state index contributed by atoms with van der Waals surface area (Å²) in [6.45, 7) is 3.40. The SMILES string of the molecule is CN(C)CCNc1ncc(C(=O)N2CCCC2)cn1. The number of amides is 1. The molecule has 0 saturated carbocycles. The number of nitrogens with zero attached hydrogens (tertiary/aromatic N) is 4. The summed E-state index contributed by atoms with van der Waals surface area (Å²) >= 11 is 0. The fraction of sp³-hybridized carbons (Fsp3) is 0.615. The van der Waals surface area contributed by atoms with Crippen molar-refractivity contribution < 1.29 is 4.79 Å². The van der Waals surface area contributed by atoms with Crippen molar-refractivity contribution in [3.8, 4) is 0 Å². The lowest BCUT2D eigenvalue weighted by atomic mass is 10.3. The summed E-state index contributed by atoms with van der Waals surface area (Å²) in [5.41, 5.74) is 0.569. The van der Waals surface area contributed by atoms with E-state index in [0.717, 1.165) is 39.0 Å². The van der Waals surface area contributed by atoms with Crippen LogP contribution in [0.5, 0.6) is 0 Å². The second kappa shape index (κ2) is 6.47. The third kappa shape index (κ3) is 3.89. The number of likely N-dealkylation sites (N-methyl/N-ethyl adjacent to an activating group) is 1. The Bertz CT molecular complexity index is 412. The quantitative estimate of drug-likeness (QED) is 0.846. The normalized spacial score (nSPS) is 15.0. The first-order chi connectivity index (χ1) is 9.16. The average molecular weight is 263 g/mol. The molecule has 0 spiro atoms. The molecule has 0 radical (unpaired) electrons. The first-order valence-corrected chi connectivity index (χ1v) is 6.67. The molecule has 1 aromatic heterocycles. The average Bonchev–Trinajstić information content (AvgIpc) is 2.92. The minimum atomic E-state index is 0.0392. The third-order valence-corrected chi connectivity index (χ3v) is 3.13. The van der Waals surface area contributed by atoms with Gasteiger partial charge in [0.2, 0.25) is 5.95 Å². The van der Waals surface area contributed by atoms with Gasteiger partial charge < -0.3 is 15.1 Å². The number of rotatable bonds is 5. The number of hydrogen-bond acceptors (Lipinski definition) is 5. The molecule has 0 unspecified atom stereocenters. The molecule has 104 valence electrons. The Morgan fingerprint density at radius 1 is 1.32 bits per heavy atom. The highest BCUT2D eigenvalue weighted by Gasteiger charge is 2.19. The van der Waals surface area contributed by atoms with Crippen molar-refractivity contribution in [2.45, 2.75) is 12.8 Å². The first-order valence-electron chi connectivity index (χ1n) is 6.67. The molecule has 1 fully saturated rings. The van der Waals surface area contributed by atoms with Crippen molar-refractivity contribution in [2.75, 3.05) is 45.6 Å². The summed E-state index contributed by atoms with van der Waals surface area (Å²) in [5, 5.41) is 3.12. The highest BCUT2D eigenvalue weighted by molar-refractivity contribution is 5.93. The maximum Gasteiger partial charge on any atom is 0.256 e. The molecule has 2 heterocycles. The van der Waals surface area contributed by atoms with Gasteiger partial charge in [0.25, 0.3) is 5.91 Å². The zero-order valence-corrected chi connectivity index (χ0v) is 11.6. The van der Waals surface area contributed by atoms with E-state index in [4.69, 9.17) is 0 Å². The van der Waals surface area contributed by atoms with Crippen molar-refractivity contribution in [1.82, 2.24) is 19.8 Å². The highest BCUT2D eigenvalue weighted by Crippen LogP contribution is 2.12. The van der Waals surface area contributed by atoms with Crippen LogP contribution in [0.1, 0.15) is 23.2 Å². The third-order valence-electron chi connectivity index (χ3n) is 3.13. The molecular formula is C13H21N5O. The molecule has 0 aliphatic carbocycles. The number of carbonyl (C=O) groups excluding carboxylic acids is 1. The van der Waals surface area contributed by atoms with E-state index in [1.807, 2.05) is 19.0 Å². The standard InChI is InChI=1S/C13H21N5O/c1-17(2)8-5-14-13-15-9-11(10-16-13)12(19)18-6-3-4-7-18/h9-10H,3-8H2,1-2H3,(H,14,15,16). The second-order valence-electron chi connectivity index (χ2n) is 5.02. The minimum Gasteiger partial charge on any atom is -0.353 e. The monoisotopic (exact) mass is 263 g/mol. The van der Waals surface area contributed by atoms with Crippen LogP contribution in [-0.2, 0) is 0 Å². The zero-order chi connectivity index (χ0) is 13.7. The number of carbonyl (C=O) groups is 1. The zero-order valence-electron chi connectivity index (χ0n) is 11.6. The van der Waals surface area contributed by atoms with Gasteiger partial charge in [-0.1, -0.05) is 0 Å². The molecule has 19 heavy (non-hydrogen) atoms. The lowest BCUT2D eigenvalue weighted by molar-refractivity contribution is 0.0792. The van der Waals surface area contributed by atoms with Gasteiger partial charge in [-0.2, -0.15) is 0 Å². The van der Waals surface area contributed by atoms with Gasteiger partial charge in [0.05, 0.1) is 5.56 Å². The number of aromatic nitrogens is 2. The molecule has 0 atom stereocenters. The van der Waals surface area contributed by atoms with E-state index in [9.17, 15) is 4.79 Å². The Morgan fingerprint density at radius 3 is 2.53 bits per heavy atom. The minimum absolute atomic E-state index is 0.0392. The van der Waals surface area contributed by atoms with Crippen LogP contribution in [0.25, 0.3) is 0 Å². The molecule has 2 rings (SSSR count). The number of nitrogens with one attached hydrogen (secondary N) is 1. The van der Waals surface area contributed by atoms with Gasteiger partial charge in [-0.25, -0.2) is 9.97 Å². The van der Waals surface area contributed by atoms with Gasteiger partial charge >= 0.3 is 0 Å². The molecule has 1 N–H and O–H groups in total. The van der Waals surface area contributed by atoms with Gasteiger partial charge in [-0.3, -0.25) is 4.79 Å². The number of hydrogen-bond donors (Lipinski definition) is 1. The van der Waals surface area contributed by atoms with Crippen LogP contribution in [0, 0.1) is 0 Å². The Balaban J connectivity index is 1.88. The molecule has 1 aliphatic heterocycles. The summed E-state index contributed by atoms with van der Waals surface area (Å²) in [5.74, 6) is 0.608. The second-order valence-corrected chi connectivity index (χ2v) is 5.02. The Kier molecular flexibility index (Phi) is 4.68. The molecule has 1 aromatic rings. The predicted octanol–water partition coefficient (Wildman–Crippen LogP) is 0.686. The molecule has 1 saturated heterocycles. The lowest BCUT2D eigenvalue weighted by Crippen LogP contribution is -2.28. The summed E-state index contributed by atoms with van der Waals surface area (Å²) in [7, 11) is 4.03. The maximum absolute atomic E-state index is 12.1. The van der Waals surface area contributed by atoms with Gasteiger partial charge in [0.1, 0.15) is 0 Å². The van der Waals surface area contributed by atoms with Crippen LogP contribution in [-0.4, -0.2) is 65.9 Å². The van der Waals surface area contributed by atoms with Crippen LogP contribution in [0.4, 0.5) is 5.95 Å². The number of anilines is 1. The van der Waals surface area contributed by atoms with E-state index in [2.05, 4.69) is 20.2 Å². The van der Waals surface area contributed by atoms with Crippen molar-refractivity contribution in [2.24, 2.45) is 0 Å². The van der Waals surface area contributed by atoms with Crippen molar-refractivity contribution in [1.29, 1.82) is 0 Å². The summed E-state index contributed by atoms with van der Waals surface area (Å²) in [6, 6.07) is 0. The van der Waals surface area contributed by atoms with Crippen LogP contribution in [0.2, 0.25) is 0 Å². The van der Waals surface area contributed by atoms with E-state index in [1.54, 1.807) is 12.4 Å². The maximum atomic E-state index is 12.1. The fourth-order valence-corrected chi connectivity index (χ4v) is 2.02. The Morgan fingerprint density at radius 2 is 1.95 bits per heavy atom. The van der Waals surface area contributed by atoms with E-state index in [-0.39, 0.29) is 5.91 Å². The molecule has 1 aliphatic rings. The van der Waals surface area contributed by atoms with Gasteiger partial charge in [0.15, 0.2) is 0 Å². The predicted molar refractivity (Wildman–Crippen MR) is 74.2 cm³/mol. The lowest BCUT2D eigenvalue weighted by Gasteiger charge is -2.15. The van der Waals surface area contributed by atoms with Crippen LogP contribution in [0.15, 0.2) is 12.4 Å². The number of likely N-dealkylation sites (tertiary alicyclic amines) is 1. The fourth-order valence-electron chi connectivity index (χ4n) is 2.02. The molecular weight excluding hydrogens is 242 g/mol. The van der Waals surface area contributed by atoms with Gasteiger partial charge in [0, 0.05) is 38.6 Å². The molecule has 0 aromatic carbocycles. The van der Waals surface area contributed by atoms with Gasteiger partial charge in [-0.05, 0) is 26.9 Å².